The lowest BCUT2D eigenvalue weighted by atomic mass is 9.96. The summed E-state index contributed by atoms with van der Waals surface area (Å²) in [7, 11) is 0. The summed E-state index contributed by atoms with van der Waals surface area (Å²) in [5.74, 6) is 0.506. The molecule has 4 nitrogen and oxygen atoms in total. The Kier molecular flexibility index (Phi) is 2.57. The van der Waals surface area contributed by atoms with Crippen LogP contribution in [0.4, 0.5) is 4.79 Å². The minimum atomic E-state index is -0.437. The van der Waals surface area contributed by atoms with Crippen LogP contribution in [-0.2, 0) is 4.74 Å². The molecule has 0 unspecified atom stereocenters. The smallest absolute Gasteiger partial charge is 0.410 e. The molecule has 1 aliphatic carbocycles. The molecule has 1 heterocycles. The Morgan fingerprint density at radius 2 is 2.12 bits per heavy atom. The molecular formula is C12H18N2O2. The van der Waals surface area contributed by atoms with E-state index >= 15 is 0 Å². The molecule has 1 aliphatic heterocycles. The molecule has 88 valence electrons. The molecule has 0 radical (unpaired) electrons. The Morgan fingerprint density at radius 3 is 2.56 bits per heavy atom. The van der Waals surface area contributed by atoms with Crippen LogP contribution in [0, 0.1) is 23.2 Å². The Balaban J connectivity index is 1.96. The van der Waals surface area contributed by atoms with Crippen LogP contribution >= 0.6 is 0 Å². The molecule has 2 fully saturated rings. The average Bonchev–Trinajstić information content (AvgIpc) is 2.72. The highest BCUT2D eigenvalue weighted by molar-refractivity contribution is 5.69. The van der Waals surface area contributed by atoms with Crippen LogP contribution in [0.5, 0.6) is 0 Å². The van der Waals surface area contributed by atoms with Crippen molar-refractivity contribution < 1.29 is 9.53 Å². The van der Waals surface area contributed by atoms with Gasteiger partial charge in [0, 0.05) is 12.6 Å². The van der Waals surface area contributed by atoms with Gasteiger partial charge in [-0.05, 0) is 39.5 Å². The predicted octanol–water partition coefficient (Wildman–Crippen LogP) is 2.16. The van der Waals surface area contributed by atoms with Crippen LogP contribution < -0.4 is 0 Å². The molecule has 0 aromatic heterocycles. The second-order valence-electron chi connectivity index (χ2n) is 5.75. The number of carbonyl (C=O) groups excluding carboxylic acids is 1. The topological polar surface area (TPSA) is 53.3 Å². The molecule has 1 saturated carbocycles. The highest BCUT2D eigenvalue weighted by atomic mass is 16.6. The van der Waals surface area contributed by atoms with E-state index in [1.165, 1.54) is 0 Å². The van der Waals surface area contributed by atoms with Gasteiger partial charge in [-0.3, -0.25) is 0 Å². The summed E-state index contributed by atoms with van der Waals surface area (Å²) < 4.78 is 5.35. The van der Waals surface area contributed by atoms with Crippen LogP contribution in [0.25, 0.3) is 0 Å². The van der Waals surface area contributed by atoms with Crippen molar-refractivity contribution in [2.45, 2.75) is 45.3 Å². The van der Waals surface area contributed by atoms with Crippen molar-refractivity contribution in [3.63, 3.8) is 0 Å². The molecule has 3 atom stereocenters. The normalized spacial score (nSPS) is 32.6. The number of hydrogen-bond acceptors (Lipinski definition) is 3. The molecule has 2 rings (SSSR count). The Bertz CT molecular complexity index is 340. The first kappa shape index (κ1) is 11.3. The first-order chi connectivity index (χ1) is 7.40. The standard InChI is InChI=1S/C12H18N2O2/c1-12(2,3)16-11(15)14-7-9-5-10(14)4-8(9)6-13/h8-10H,4-5,7H2,1-3H3/t8-,9-,10+/m0/s1. The van der Waals surface area contributed by atoms with Crippen molar-refractivity contribution >= 4 is 6.09 Å². The SMILES string of the molecule is CC(C)(C)OC(=O)N1C[C@@H]2C[C@H]1C[C@H]2C#N. The molecular weight excluding hydrogens is 204 g/mol. The maximum Gasteiger partial charge on any atom is 0.410 e. The quantitative estimate of drug-likeness (QED) is 0.631. The maximum absolute atomic E-state index is 11.9. The summed E-state index contributed by atoms with van der Waals surface area (Å²) in [6.45, 7) is 6.31. The third kappa shape index (κ3) is 1.99. The van der Waals surface area contributed by atoms with E-state index in [9.17, 15) is 4.79 Å². The lowest BCUT2D eigenvalue weighted by Crippen LogP contribution is -2.42. The molecule has 2 bridgehead atoms. The second-order valence-corrected chi connectivity index (χ2v) is 5.75. The van der Waals surface area contributed by atoms with E-state index in [-0.39, 0.29) is 18.1 Å². The van der Waals surface area contributed by atoms with E-state index in [1.807, 2.05) is 20.8 Å². The molecule has 4 heteroatoms. The Hall–Kier alpha value is -1.24. The summed E-state index contributed by atoms with van der Waals surface area (Å²) in [6.07, 6.45) is 1.56. The molecule has 1 amide bonds. The van der Waals surface area contributed by atoms with Gasteiger partial charge in [-0.1, -0.05) is 0 Å². The van der Waals surface area contributed by atoms with Crippen molar-refractivity contribution in [3.8, 4) is 6.07 Å². The van der Waals surface area contributed by atoms with E-state index in [1.54, 1.807) is 4.90 Å². The first-order valence-corrected chi connectivity index (χ1v) is 5.80. The van der Waals surface area contributed by atoms with Gasteiger partial charge in [-0.25, -0.2) is 4.79 Å². The van der Waals surface area contributed by atoms with Gasteiger partial charge >= 0.3 is 6.09 Å². The molecule has 16 heavy (non-hydrogen) atoms. The number of likely N-dealkylation sites (tertiary alicyclic amines) is 1. The molecule has 0 aromatic carbocycles. The molecule has 2 aliphatic rings. The Labute approximate surface area is 96.2 Å². The summed E-state index contributed by atoms with van der Waals surface area (Å²) in [5, 5.41) is 8.91. The number of nitrogens with zero attached hydrogens (tertiary/aromatic N) is 2. The summed E-state index contributed by atoms with van der Waals surface area (Å²) >= 11 is 0. The van der Waals surface area contributed by atoms with Crippen molar-refractivity contribution in [2.24, 2.45) is 11.8 Å². The molecule has 1 saturated heterocycles. The van der Waals surface area contributed by atoms with E-state index < -0.39 is 5.60 Å². The predicted molar refractivity (Wildman–Crippen MR) is 58.6 cm³/mol. The monoisotopic (exact) mass is 222 g/mol. The lowest BCUT2D eigenvalue weighted by Gasteiger charge is -2.31. The van der Waals surface area contributed by atoms with Crippen LogP contribution in [0.2, 0.25) is 0 Å². The van der Waals surface area contributed by atoms with Crippen molar-refractivity contribution in [3.05, 3.63) is 0 Å². The second kappa shape index (κ2) is 3.65. The minimum Gasteiger partial charge on any atom is -0.444 e. The van der Waals surface area contributed by atoms with Gasteiger partial charge in [0.25, 0.3) is 0 Å². The van der Waals surface area contributed by atoms with Gasteiger partial charge in [0.1, 0.15) is 5.60 Å². The van der Waals surface area contributed by atoms with Gasteiger partial charge in [0.2, 0.25) is 0 Å². The zero-order chi connectivity index (χ0) is 11.9. The number of ether oxygens (including phenoxy) is 1. The summed E-state index contributed by atoms with van der Waals surface area (Å²) in [4.78, 5) is 13.7. The van der Waals surface area contributed by atoms with E-state index in [4.69, 9.17) is 10.00 Å². The maximum atomic E-state index is 11.9. The fraction of sp³-hybridized carbons (Fsp3) is 0.833. The fourth-order valence-corrected chi connectivity index (χ4v) is 2.66. The van der Waals surface area contributed by atoms with E-state index in [0.29, 0.717) is 12.5 Å². The van der Waals surface area contributed by atoms with Crippen LogP contribution in [0.3, 0.4) is 0 Å². The zero-order valence-electron chi connectivity index (χ0n) is 10.1. The van der Waals surface area contributed by atoms with Crippen molar-refractivity contribution in [1.82, 2.24) is 4.90 Å². The fourth-order valence-electron chi connectivity index (χ4n) is 2.66. The Morgan fingerprint density at radius 1 is 1.44 bits per heavy atom. The van der Waals surface area contributed by atoms with Crippen molar-refractivity contribution in [2.75, 3.05) is 6.54 Å². The summed E-state index contributed by atoms with van der Waals surface area (Å²) in [5.41, 5.74) is -0.437. The minimum absolute atomic E-state index is 0.142. The van der Waals surface area contributed by atoms with Crippen LogP contribution in [0.1, 0.15) is 33.6 Å². The van der Waals surface area contributed by atoms with E-state index in [0.717, 1.165) is 12.8 Å². The largest absolute Gasteiger partial charge is 0.444 e. The highest BCUT2D eigenvalue weighted by Gasteiger charge is 2.47. The third-order valence-corrected chi connectivity index (χ3v) is 3.34. The van der Waals surface area contributed by atoms with Gasteiger partial charge in [-0.15, -0.1) is 0 Å². The molecule has 0 aromatic rings. The van der Waals surface area contributed by atoms with Gasteiger partial charge in [0.15, 0.2) is 0 Å². The molecule has 0 spiro atoms. The van der Waals surface area contributed by atoms with Crippen LogP contribution in [0.15, 0.2) is 0 Å². The van der Waals surface area contributed by atoms with E-state index in [2.05, 4.69) is 6.07 Å². The number of piperidine rings is 1. The number of nitriles is 1. The number of rotatable bonds is 0. The highest BCUT2D eigenvalue weighted by Crippen LogP contribution is 2.42. The van der Waals surface area contributed by atoms with Crippen molar-refractivity contribution in [1.29, 1.82) is 5.26 Å². The van der Waals surface area contributed by atoms with Gasteiger partial charge in [-0.2, -0.15) is 5.26 Å². The average molecular weight is 222 g/mol. The van der Waals surface area contributed by atoms with Crippen LogP contribution in [-0.4, -0.2) is 29.2 Å². The first-order valence-electron chi connectivity index (χ1n) is 5.80. The van der Waals surface area contributed by atoms with Gasteiger partial charge < -0.3 is 9.64 Å². The number of fused-ring (bicyclic) bond motifs is 2. The number of amides is 1. The van der Waals surface area contributed by atoms with Gasteiger partial charge in [0.05, 0.1) is 12.0 Å². The third-order valence-electron chi connectivity index (χ3n) is 3.34. The molecule has 0 N–H and O–H groups in total. The summed E-state index contributed by atoms with van der Waals surface area (Å²) in [6, 6.07) is 2.55. The number of carbonyl (C=O) groups is 1. The zero-order valence-corrected chi connectivity index (χ0v) is 10.1. The number of hydrogen-bond donors (Lipinski definition) is 0. The lowest BCUT2D eigenvalue weighted by molar-refractivity contribution is 0.0175.